The fraction of sp³-hybridized carbons (Fsp3) is 0.400. The van der Waals surface area contributed by atoms with Crippen LogP contribution in [0.2, 0.25) is 10.0 Å². The van der Waals surface area contributed by atoms with Gasteiger partial charge < -0.3 is 4.90 Å². The van der Waals surface area contributed by atoms with E-state index in [1.165, 1.54) is 11.3 Å². The zero-order valence-corrected chi connectivity index (χ0v) is 17.2. The van der Waals surface area contributed by atoms with Crippen LogP contribution in [-0.2, 0) is 6.54 Å². The van der Waals surface area contributed by atoms with E-state index < -0.39 is 0 Å². The van der Waals surface area contributed by atoms with Crippen molar-refractivity contribution in [2.45, 2.75) is 51.2 Å². The number of fused-ring (bicyclic) bond motifs is 3. The Morgan fingerprint density at radius 3 is 2.56 bits per heavy atom. The van der Waals surface area contributed by atoms with Crippen molar-refractivity contribution in [2.75, 3.05) is 0 Å². The van der Waals surface area contributed by atoms with E-state index in [0.717, 1.165) is 52.0 Å². The quantitative estimate of drug-likeness (QED) is 0.559. The van der Waals surface area contributed by atoms with Gasteiger partial charge in [-0.2, -0.15) is 5.10 Å². The van der Waals surface area contributed by atoms with Crippen molar-refractivity contribution in [2.24, 2.45) is 0 Å². The van der Waals surface area contributed by atoms with Crippen LogP contribution in [-0.4, -0.2) is 32.7 Å². The predicted octanol–water partition coefficient (Wildman–Crippen LogP) is 5.53. The van der Waals surface area contributed by atoms with E-state index in [9.17, 15) is 4.79 Å². The molecule has 0 saturated carbocycles. The molecule has 1 aromatic carbocycles. The smallest absolute Gasteiger partial charge is 0.264 e. The Labute approximate surface area is 171 Å². The van der Waals surface area contributed by atoms with Gasteiger partial charge in [0.1, 0.15) is 4.83 Å². The van der Waals surface area contributed by atoms with Gasteiger partial charge in [0, 0.05) is 27.5 Å². The Morgan fingerprint density at radius 2 is 1.89 bits per heavy atom. The lowest BCUT2D eigenvalue weighted by Crippen LogP contribution is -2.34. The maximum Gasteiger partial charge on any atom is 0.264 e. The number of aryl methyl sites for hydroxylation is 1. The van der Waals surface area contributed by atoms with Crippen molar-refractivity contribution in [3.05, 3.63) is 50.4 Å². The molecule has 2 aliphatic rings. The summed E-state index contributed by atoms with van der Waals surface area (Å²) in [5, 5.41) is 6.96. The molecule has 3 aromatic rings. The van der Waals surface area contributed by atoms with Crippen molar-refractivity contribution in [3.63, 3.8) is 0 Å². The summed E-state index contributed by atoms with van der Waals surface area (Å²) in [6.07, 6.45) is 4.62. The van der Waals surface area contributed by atoms with E-state index >= 15 is 0 Å². The van der Waals surface area contributed by atoms with Gasteiger partial charge in [0.2, 0.25) is 0 Å². The zero-order valence-electron chi connectivity index (χ0n) is 14.9. The van der Waals surface area contributed by atoms with Crippen molar-refractivity contribution in [1.29, 1.82) is 0 Å². The summed E-state index contributed by atoms with van der Waals surface area (Å²) in [5.41, 5.74) is 1.90. The fourth-order valence-corrected chi connectivity index (χ4v) is 6.08. The molecule has 0 spiro atoms. The Kier molecular flexibility index (Phi) is 4.22. The summed E-state index contributed by atoms with van der Waals surface area (Å²) in [7, 11) is 0. The molecule has 4 heterocycles. The van der Waals surface area contributed by atoms with Gasteiger partial charge in [-0.05, 0) is 56.4 Å². The van der Waals surface area contributed by atoms with Gasteiger partial charge in [0.25, 0.3) is 5.91 Å². The topological polar surface area (TPSA) is 38.1 Å². The van der Waals surface area contributed by atoms with Crippen LogP contribution in [0.3, 0.4) is 0 Å². The Hall–Kier alpha value is -1.56. The van der Waals surface area contributed by atoms with Crippen molar-refractivity contribution in [3.8, 4) is 0 Å². The van der Waals surface area contributed by atoms with Crippen LogP contribution in [0.4, 0.5) is 0 Å². The number of carbonyl (C=O) groups is 1. The van der Waals surface area contributed by atoms with Crippen molar-refractivity contribution >= 4 is 50.7 Å². The number of halogens is 2. The molecule has 0 aliphatic carbocycles. The van der Waals surface area contributed by atoms with E-state index in [2.05, 4.69) is 10.00 Å². The third kappa shape index (κ3) is 2.87. The second kappa shape index (κ2) is 6.50. The van der Waals surface area contributed by atoms with Gasteiger partial charge in [-0.25, -0.2) is 0 Å². The molecular weight excluding hydrogens is 401 g/mol. The molecule has 7 heteroatoms. The van der Waals surface area contributed by atoms with Crippen LogP contribution < -0.4 is 0 Å². The lowest BCUT2D eigenvalue weighted by molar-refractivity contribution is 0.0735. The van der Waals surface area contributed by atoms with E-state index in [1.54, 1.807) is 6.07 Å². The van der Waals surface area contributed by atoms with Crippen LogP contribution >= 0.6 is 34.5 Å². The maximum absolute atomic E-state index is 13.1. The first-order valence-electron chi connectivity index (χ1n) is 9.25. The number of hydrogen-bond donors (Lipinski definition) is 0. The monoisotopic (exact) mass is 419 g/mol. The lowest BCUT2D eigenvalue weighted by Gasteiger charge is -2.21. The molecule has 4 nitrogen and oxygen atoms in total. The first kappa shape index (κ1) is 17.5. The van der Waals surface area contributed by atoms with Crippen LogP contribution in [0.15, 0.2) is 24.3 Å². The first-order valence-corrected chi connectivity index (χ1v) is 10.8. The number of amides is 1. The number of rotatable bonds is 3. The summed E-state index contributed by atoms with van der Waals surface area (Å²) >= 11 is 13.9. The van der Waals surface area contributed by atoms with Gasteiger partial charge in [0.05, 0.1) is 17.1 Å². The fourth-order valence-electron chi connectivity index (χ4n) is 4.51. The minimum Gasteiger partial charge on any atom is -0.332 e. The summed E-state index contributed by atoms with van der Waals surface area (Å²) in [6, 6.07) is 8.41. The molecule has 140 valence electrons. The van der Waals surface area contributed by atoms with E-state index in [-0.39, 0.29) is 5.91 Å². The first-order chi connectivity index (χ1) is 13.0. The summed E-state index contributed by atoms with van der Waals surface area (Å²) in [6.45, 7) is 2.55. The minimum atomic E-state index is 0.191. The van der Waals surface area contributed by atoms with Gasteiger partial charge >= 0.3 is 0 Å². The molecule has 27 heavy (non-hydrogen) atoms. The van der Waals surface area contributed by atoms with E-state index in [4.69, 9.17) is 23.2 Å². The average molecular weight is 420 g/mol. The molecule has 0 unspecified atom stereocenters. The number of aromatic nitrogens is 2. The number of thiophene rings is 1. The van der Waals surface area contributed by atoms with Gasteiger partial charge in [-0.15, -0.1) is 11.3 Å². The number of nitrogens with zero attached hydrogens (tertiary/aromatic N) is 3. The SMILES string of the molecule is Cc1nn(Cc2ccc(Cl)cc2Cl)c2sc(C(=O)N3C4CCC3CC4)cc12. The zero-order chi connectivity index (χ0) is 18.7. The maximum atomic E-state index is 13.1. The Balaban J connectivity index is 1.49. The highest BCUT2D eigenvalue weighted by Gasteiger charge is 2.42. The molecule has 5 rings (SSSR count). The molecule has 0 radical (unpaired) electrons. The molecule has 2 saturated heterocycles. The minimum absolute atomic E-state index is 0.191. The van der Waals surface area contributed by atoms with Gasteiger partial charge in [0.15, 0.2) is 0 Å². The van der Waals surface area contributed by atoms with Crippen LogP contribution in [0.25, 0.3) is 10.2 Å². The Morgan fingerprint density at radius 1 is 1.19 bits per heavy atom. The van der Waals surface area contributed by atoms with E-state index in [0.29, 0.717) is 28.7 Å². The largest absolute Gasteiger partial charge is 0.332 e. The molecule has 2 aromatic heterocycles. The highest BCUT2D eigenvalue weighted by atomic mass is 35.5. The Bertz CT molecular complexity index is 1040. The standard InChI is InChI=1S/C20H19Cl2N3OS/c1-11-16-9-18(19(26)25-14-4-5-15(25)7-6-14)27-20(16)24(23-11)10-12-2-3-13(21)8-17(12)22/h2-3,8-9,14-15H,4-7,10H2,1H3. The molecule has 0 atom stereocenters. The predicted molar refractivity (Wildman–Crippen MR) is 110 cm³/mol. The lowest BCUT2D eigenvalue weighted by atomic mass is 10.0. The molecule has 2 fully saturated rings. The molecular formula is C20H19Cl2N3OS. The second-order valence-corrected chi connectivity index (χ2v) is 9.36. The van der Waals surface area contributed by atoms with Gasteiger partial charge in [-0.1, -0.05) is 29.3 Å². The third-order valence-corrected chi connectivity index (χ3v) is 7.56. The van der Waals surface area contributed by atoms with Crippen molar-refractivity contribution in [1.82, 2.24) is 14.7 Å². The molecule has 0 N–H and O–H groups in total. The number of benzene rings is 1. The van der Waals surface area contributed by atoms with Gasteiger partial charge in [-0.3, -0.25) is 9.48 Å². The summed E-state index contributed by atoms with van der Waals surface area (Å²) in [5.74, 6) is 0.191. The third-order valence-electron chi connectivity index (χ3n) is 5.84. The summed E-state index contributed by atoms with van der Waals surface area (Å²) < 4.78 is 1.94. The molecule has 2 bridgehead atoms. The highest BCUT2D eigenvalue weighted by molar-refractivity contribution is 7.20. The van der Waals surface area contributed by atoms with Crippen LogP contribution in [0, 0.1) is 6.92 Å². The van der Waals surface area contributed by atoms with Crippen LogP contribution in [0.5, 0.6) is 0 Å². The normalized spacial score (nSPS) is 21.5. The number of hydrogen-bond acceptors (Lipinski definition) is 3. The number of carbonyl (C=O) groups excluding carboxylic acids is 1. The van der Waals surface area contributed by atoms with Crippen LogP contribution in [0.1, 0.15) is 46.6 Å². The second-order valence-electron chi connectivity index (χ2n) is 7.48. The van der Waals surface area contributed by atoms with E-state index in [1.807, 2.05) is 29.8 Å². The van der Waals surface area contributed by atoms with Crippen molar-refractivity contribution < 1.29 is 4.79 Å². The molecule has 1 amide bonds. The average Bonchev–Trinajstić information content (AvgIpc) is 3.40. The highest BCUT2D eigenvalue weighted by Crippen LogP contribution is 2.40. The summed E-state index contributed by atoms with van der Waals surface area (Å²) in [4.78, 5) is 17.1. The molecule has 2 aliphatic heterocycles.